The lowest BCUT2D eigenvalue weighted by molar-refractivity contribution is -0.128. The summed E-state index contributed by atoms with van der Waals surface area (Å²) in [7, 11) is 0. The lowest BCUT2D eigenvalue weighted by Gasteiger charge is -2.36. The fourth-order valence-corrected chi connectivity index (χ4v) is 5.57. The molecule has 0 radical (unpaired) electrons. The Bertz CT molecular complexity index is 1010. The number of thiophene rings is 1. The van der Waals surface area contributed by atoms with E-state index in [1.165, 1.54) is 22.2 Å². The first-order valence-electron chi connectivity index (χ1n) is 9.14. The first-order valence-corrected chi connectivity index (χ1v) is 11.3. The third-order valence-electron chi connectivity index (χ3n) is 5.07. The van der Waals surface area contributed by atoms with Crippen LogP contribution in [-0.2, 0) is 4.79 Å². The molecule has 1 amide bonds. The fraction of sp³-hybridized carbons (Fsp3) is 0.350. The summed E-state index contributed by atoms with van der Waals surface area (Å²) in [5.74, 6) is 0.560. The summed E-state index contributed by atoms with van der Waals surface area (Å²) in [6.07, 6.45) is 1.59. The Morgan fingerprint density at radius 1 is 1.21 bits per heavy atom. The predicted octanol–water partition coefficient (Wildman–Crippen LogP) is 4.40. The summed E-state index contributed by atoms with van der Waals surface area (Å²) in [6.45, 7) is 7.27. The van der Waals surface area contributed by atoms with Gasteiger partial charge in [0, 0.05) is 47.2 Å². The molecule has 1 fully saturated rings. The number of hydrogen-bond donors (Lipinski definition) is 0. The van der Waals surface area contributed by atoms with E-state index < -0.39 is 0 Å². The SMILES string of the molecule is Cc1sc2ncnc(SCC(=O)N3CCN(c4cccc(Cl)c4)CC3)c2c1C. The van der Waals surface area contributed by atoms with E-state index in [0.717, 1.165) is 52.1 Å². The molecule has 0 atom stereocenters. The molecule has 0 saturated carbocycles. The smallest absolute Gasteiger partial charge is 0.233 e. The average molecular weight is 433 g/mol. The van der Waals surface area contributed by atoms with Crippen molar-refractivity contribution in [2.24, 2.45) is 0 Å². The van der Waals surface area contributed by atoms with Crippen LogP contribution in [0.3, 0.4) is 0 Å². The molecule has 28 heavy (non-hydrogen) atoms. The fourth-order valence-electron chi connectivity index (χ4n) is 3.37. The van der Waals surface area contributed by atoms with Crippen LogP contribution < -0.4 is 4.90 Å². The van der Waals surface area contributed by atoms with Gasteiger partial charge in [-0.15, -0.1) is 11.3 Å². The van der Waals surface area contributed by atoms with E-state index in [4.69, 9.17) is 11.6 Å². The van der Waals surface area contributed by atoms with E-state index in [-0.39, 0.29) is 5.91 Å². The van der Waals surface area contributed by atoms with Crippen LogP contribution >= 0.6 is 34.7 Å². The molecule has 2 aromatic heterocycles. The van der Waals surface area contributed by atoms with Crippen molar-refractivity contribution >= 4 is 56.5 Å². The lowest BCUT2D eigenvalue weighted by Crippen LogP contribution is -2.49. The topological polar surface area (TPSA) is 49.3 Å². The van der Waals surface area contributed by atoms with Gasteiger partial charge in [0.2, 0.25) is 5.91 Å². The molecule has 1 saturated heterocycles. The van der Waals surface area contributed by atoms with E-state index in [9.17, 15) is 4.79 Å². The van der Waals surface area contributed by atoms with Gasteiger partial charge in [0.05, 0.1) is 5.75 Å². The van der Waals surface area contributed by atoms with Gasteiger partial charge in [0.15, 0.2) is 0 Å². The molecule has 8 heteroatoms. The van der Waals surface area contributed by atoms with Gasteiger partial charge in [-0.05, 0) is 37.6 Å². The molecule has 3 heterocycles. The highest BCUT2D eigenvalue weighted by Crippen LogP contribution is 2.34. The number of thioether (sulfide) groups is 1. The second kappa shape index (κ2) is 8.27. The minimum Gasteiger partial charge on any atom is -0.368 e. The molecule has 0 unspecified atom stereocenters. The zero-order valence-electron chi connectivity index (χ0n) is 15.8. The standard InChI is InChI=1S/C20H21ClN4OS2/c1-13-14(2)28-20-18(13)19(22-12-23-20)27-11-17(26)25-8-6-24(7-9-25)16-5-3-4-15(21)10-16/h3-5,10,12H,6-9,11H2,1-2H3. The number of hydrogen-bond acceptors (Lipinski definition) is 6. The number of piperazine rings is 1. The zero-order chi connectivity index (χ0) is 19.7. The zero-order valence-corrected chi connectivity index (χ0v) is 18.2. The Hall–Kier alpha value is -1.83. The third kappa shape index (κ3) is 3.97. The van der Waals surface area contributed by atoms with Crippen LogP contribution in [0.25, 0.3) is 10.2 Å². The molecule has 1 aliphatic rings. The Kier molecular flexibility index (Phi) is 5.75. The average Bonchev–Trinajstić information content (AvgIpc) is 3.00. The van der Waals surface area contributed by atoms with E-state index >= 15 is 0 Å². The van der Waals surface area contributed by atoms with E-state index in [1.807, 2.05) is 23.1 Å². The van der Waals surface area contributed by atoms with Gasteiger partial charge in [-0.3, -0.25) is 4.79 Å². The third-order valence-corrected chi connectivity index (χ3v) is 7.39. The van der Waals surface area contributed by atoms with Crippen molar-refractivity contribution in [2.45, 2.75) is 18.9 Å². The highest BCUT2D eigenvalue weighted by atomic mass is 35.5. The largest absolute Gasteiger partial charge is 0.368 e. The second-order valence-corrected chi connectivity index (χ2v) is 9.38. The number of anilines is 1. The van der Waals surface area contributed by atoms with Crippen LogP contribution in [0.5, 0.6) is 0 Å². The molecule has 4 rings (SSSR count). The summed E-state index contributed by atoms with van der Waals surface area (Å²) in [6, 6.07) is 7.87. The van der Waals surface area contributed by atoms with Crippen molar-refractivity contribution in [3.8, 4) is 0 Å². The molecule has 3 aromatic rings. The van der Waals surface area contributed by atoms with E-state index in [0.29, 0.717) is 5.75 Å². The highest BCUT2D eigenvalue weighted by molar-refractivity contribution is 8.00. The number of fused-ring (bicyclic) bond motifs is 1. The number of amides is 1. The number of carbonyl (C=O) groups excluding carboxylic acids is 1. The van der Waals surface area contributed by atoms with E-state index in [1.54, 1.807) is 17.7 Å². The number of aromatic nitrogens is 2. The number of nitrogens with zero attached hydrogens (tertiary/aromatic N) is 4. The summed E-state index contributed by atoms with van der Waals surface area (Å²) < 4.78 is 0. The molecule has 0 aliphatic carbocycles. The Balaban J connectivity index is 1.37. The van der Waals surface area contributed by atoms with Crippen molar-refractivity contribution in [3.63, 3.8) is 0 Å². The first kappa shape index (κ1) is 19.5. The van der Waals surface area contributed by atoms with Crippen LogP contribution in [0.1, 0.15) is 10.4 Å². The van der Waals surface area contributed by atoms with Crippen molar-refractivity contribution in [3.05, 3.63) is 46.1 Å². The van der Waals surface area contributed by atoms with Crippen LogP contribution in [-0.4, -0.2) is 52.7 Å². The minimum atomic E-state index is 0.159. The molecule has 0 bridgehead atoms. The summed E-state index contributed by atoms with van der Waals surface area (Å²) >= 11 is 9.28. The maximum atomic E-state index is 12.7. The van der Waals surface area contributed by atoms with Crippen molar-refractivity contribution in [2.75, 3.05) is 36.8 Å². The number of halogens is 1. The van der Waals surface area contributed by atoms with Gasteiger partial charge >= 0.3 is 0 Å². The minimum absolute atomic E-state index is 0.159. The number of carbonyl (C=O) groups is 1. The maximum Gasteiger partial charge on any atom is 0.233 e. The maximum absolute atomic E-state index is 12.7. The lowest BCUT2D eigenvalue weighted by atomic mass is 10.2. The Morgan fingerprint density at radius 2 is 2.00 bits per heavy atom. The van der Waals surface area contributed by atoms with Crippen LogP contribution in [0.15, 0.2) is 35.6 Å². The highest BCUT2D eigenvalue weighted by Gasteiger charge is 2.22. The normalized spacial score (nSPS) is 14.7. The molecule has 0 N–H and O–H groups in total. The van der Waals surface area contributed by atoms with Crippen LogP contribution in [0, 0.1) is 13.8 Å². The molecule has 5 nitrogen and oxygen atoms in total. The van der Waals surface area contributed by atoms with Crippen molar-refractivity contribution < 1.29 is 4.79 Å². The molecule has 146 valence electrons. The van der Waals surface area contributed by atoms with Gasteiger partial charge in [0.25, 0.3) is 0 Å². The van der Waals surface area contributed by atoms with Gasteiger partial charge in [-0.1, -0.05) is 29.4 Å². The van der Waals surface area contributed by atoms with Crippen molar-refractivity contribution in [1.82, 2.24) is 14.9 Å². The molecule has 1 aromatic carbocycles. The molecular formula is C20H21ClN4OS2. The Morgan fingerprint density at radius 3 is 2.75 bits per heavy atom. The predicted molar refractivity (Wildman–Crippen MR) is 118 cm³/mol. The van der Waals surface area contributed by atoms with Crippen molar-refractivity contribution in [1.29, 1.82) is 0 Å². The van der Waals surface area contributed by atoms with Crippen LogP contribution in [0.4, 0.5) is 5.69 Å². The van der Waals surface area contributed by atoms with Gasteiger partial charge in [-0.2, -0.15) is 0 Å². The first-order chi connectivity index (χ1) is 13.5. The van der Waals surface area contributed by atoms with E-state index in [2.05, 4.69) is 34.8 Å². The quantitative estimate of drug-likeness (QED) is 0.451. The van der Waals surface area contributed by atoms with Gasteiger partial charge in [0.1, 0.15) is 16.2 Å². The van der Waals surface area contributed by atoms with Crippen LogP contribution in [0.2, 0.25) is 5.02 Å². The summed E-state index contributed by atoms with van der Waals surface area (Å²) in [4.78, 5) is 28.0. The number of aryl methyl sites for hydroxylation is 2. The number of rotatable bonds is 4. The monoisotopic (exact) mass is 432 g/mol. The Labute approximate surface area is 177 Å². The van der Waals surface area contributed by atoms with Gasteiger partial charge in [-0.25, -0.2) is 9.97 Å². The molecule has 0 spiro atoms. The van der Waals surface area contributed by atoms with Gasteiger partial charge < -0.3 is 9.80 Å². The number of benzene rings is 1. The summed E-state index contributed by atoms with van der Waals surface area (Å²) in [5, 5.41) is 2.73. The second-order valence-electron chi connectivity index (χ2n) is 6.78. The molecular weight excluding hydrogens is 412 g/mol. The molecule has 1 aliphatic heterocycles. The summed E-state index contributed by atoms with van der Waals surface area (Å²) in [5.41, 5.74) is 2.33.